The van der Waals surface area contributed by atoms with Crippen LogP contribution in [0, 0.1) is 17.8 Å². The third-order valence-electron chi connectivity index (χ3n) is 6.37. The van der Waals surface area contributed by atoms with Gasteiger partial charge in [-0.3, -0.25) is 20.2 Å². The number of nitrogens with zero attached hydrogens (tertiary/aromatic N) is 1. The third kappa shape index (κ3) is 7.66. The molecule has 2 atom stereocenters. The number of nitrogens with one attached hydrogen (secondary N) is 2. The fraction of sp³-hybridized carbons (Fsp3) is 0.385. The monoisotopic (exact) mass is 499 g/mol. The number of para-hydroxylation sites is 1. The molecule has 1 saturated carbocycles. The average Bonchev–Trinajstić information content (AvgIpc) is 3.37. The summed E-state index contributed by atoms with van der Waals surface area (Å²) < 4.78 is 25.8. The SMILES string of the molecule is CS(=O)(=O)N(NC(=O)[C@@H](CC1CCCC1)[C@H](CC=Cc1ccccc1)C(=O)NO)c1ccccc1. The van der Waals surface area contributed by atoms with Crippen LogP contribution in [0.15, 0.2) is 66.7 Å². The van der Waals surface area contributed by atoms with E-state index < -0.39 is 33.7 Å². The summed E-state index contributed by atoms with van der Waals surface area (Å²) in [7, 11) is -3.84. The minimum atomic E-state index is -3.84. The van der Waals surface area contributed by atoms with Crippen molar-refractivity contribution in [2.75, 3.05) is 10.7 Å². The molecule has 9 heteroatoms. The lowest BCUT2D eigenvalue weighted by atomic mass is 9.80. The maximum Gasteiger partial charge on any atom is 0.249 e. The Balaban J connectivity index is 1.88. The van der Waals surface area contributed by atoms with E-state index in [1.807, 2.05) is 36.4 Å². The maximum atomic E-state index is 13.6. The van der Waals surface area contributed by atoms with Crippen molar-refractivity contribution in [1.82, 2.24) is 10.9 Å². The topological polar surface area (TPSA) is 116 Å². The molecule has 0 bridgehead atoms. The summed E-state index contributed by atoms with van der Waals surface area (Å²) >= 11 is 0. The number of amides is 2. The lowest BCUT2D eigenvalue weighted by Crippen LogP contribution is -2.51. The number of carbonyl (C=O) groups excluding carboxylic acids is 2. The van der Waals surface area contributed by atoms with Gasteiger partial charge in [0.15, 0.2) is 0 Å². The molecule has 0 radical (unpaired) electrons. The molecule has 3 rings (SSSR count). The van der Waals surface area contributed by atoms with Crippen LogP contribution in [-0.4, -0.2) is 31.7 Å². The first kappa shape index (κ1) is 26.4. The molecule has 0 aromatic heterocycles. The largest absolute Gasteiger partial charge is 0.289 e. The summed E-state index contributed by atoms with van der Waals surface area (Å²) in [6.07, 6.45) is 9.31. The molecule has 0 spiro atoms. The molecule has 8 nitrogen and oxygen atoms in total. The second-order valence-electron chi connectivity index (χ2n) is 8.96. The summed E-state index contributed by atoms with van der Waals surface area (Å²) in [6, 6.07) is 17.8. The first-order valence-corrected chi connectivity index (χ1v) is 13.7. The summed E-state index contributed by atoms with van der Waals surface area (Å²) in [5, 5.41) is 9.44. The number of hydroxylamine groups is 1. The van der Waals surface area contributed by atoms with Crippen LogP contribution in [0.5, 0.6) is 0 Å². The van der Waals surface area contributed by atoms with Crippen molar-refractivity contribution < 1.29 is 23.2 Å². The van der Waals surface area contributed by atoms with Crippen molar-refractivity contribution >= 4 is 33.6 Å². The molecule has 0 heterocycles. The molecule has 0 aliphatic heterocycles. The van der Waals surface area contributed by atoms with Crippen LogP contribution in [0.1, 0.15) is 44.1 Å². The number of benzene rings is 2. The number of hydrogen-bond donors (Lipinski definition) is 3. The number of allylic oxidation sites excluding steroid dienone is 1. The van der Waals surface area contributed by atoms with E-state index in [-0.39, 0.29) is 18.0 Å². The Hall–Kier alpha value is -3.17. The van der Waals surface area contributed by atoms with Crippen molar-refractivity contribution in [2.45, 2.75) is 38.5 Å². The Labute approximate surface area is 207 Å². The van der Waals surface area contributed by atoms with E-state index in [9.17, 15) is 23.2 Å². The van der Waals surface area contributed by atoms with Crippen molar-refractivity contribution in [1.29, 1.82) is 0 Å². The summed E-state index contributed by atoms with van der Waals surface area (Å²) in [5.74, 6) is -2.71. The van der Waals surface area contributed by atoms with E-state index in [0.29, 0.717) is 6.42 Å². The second-order valence-corrected chi connectivity index (χ2v) is 10.8. The first-order valence-electron chi connectivity index (χ1n) is 11.8. The number of carbonyl (C=O) groups is 2. The Morgan fingerprint density at radius 1 is 1.00 bits per heavy atom. The Bertz CT molecular complexity index is 1100. The lowest BCUT2D eigenvalue weighted by Gasteiger charge is -2.30. The van der Waals surface area contributed by atoms with Gasteiger partial charge < -0.3 is 0 Å². The van der Waals surface area contributed by atoms with Crippen molar-refractivity contribution in [3.8, 4) is 0 Å². The normalized spacial score (nSPS) is 16.1. The van der Waals surface area contributed by atoms with E-state index in [2.05, 4.69) is 5.43 Å². The smallest absolute Gasteiger partial charge is 0.249 e. The van der Waals surface area contributed by atoms with Gasteiger partial charge in [-0.25, -0.2) is 13.9 Å². The van der Waals surface area contributed by atoms with Gasteiger partial charge >= 0.3 is 0 Å². The molecule has 2 amide bonds. The number of hydrazine groups is 1. The average molecular weight is 500 g/mol. The zero-order chi connectivity index (χ0) is 25.3. The van der Waals surface area contributed by atoms with Crippen LogP contribution in [-0.2, 0) is 19.6 Å². The highest BCUT2D eigenvalue weighted by molar-refractivity contribution is 7.92. The van der Waals surface area contributed by atoms with Gasteiger partial charge in [-0.05, 0) is 36.5 Å². The van der Waals surface area contributed by atoms with E-state index in [4.69, 9.17) is 0 Å². The van der Waals surface area contributed by atoms with E-state index in [1.54, 1.807) is 41.9 Å². The van der Waals surface area contributed by atoms with Gasteiger partial charge in [0, 0.05) is 0 Å². The number of rotatable bonds is 11. The molecule has 1 aliphatic carbocycles. The fourth-order valence-electron chi connectivity index (χ4n) is 4.60. The highest BCUT2D eigenvalue weighted by Gasteiger charge is 2.37. The predicted molar refractivity (Wildman–Crippen MR) is 135 cm³/mol. The number of anilines is 1. The molecule has 1 fully saturated rings. The zero-order valence-corrected chi connectivity index (χ0v) is 20.7. The maximum absolute atomic E-state index is 13.6. The van der Waals surface area contributed by atoms with Gasteiger partial charge in [-0.2, -0.15) is 4.41 Å². The van der Waals surface area contributed by atoms with Crippen molar-refractivity contribution in [3.63, 3.8) is 0 Å². The number of sulfonamides is 1. The van der Waals surface area contributed by atoms with Gasteiger partial charge in [0.05, 0.1) is 23.8 Å². The van der Waals surface area contributed by atoms with Crippen LogP contribution in [0.2, 0.25) is 0 Å². The Kier molecular flexibility index (Phi) is 9.45. The van der Waals surface area contributed by atoms with E-state index in [1.165, 1.54) is 0 Å². The van der Waals surface area contributed by atoms with E-state index in [0.717, 1.165) is 41.9 Å². The minimum Gasteiger partial charge on any atom is -0.289 e. The van der Waals surface area contributed by atoms with Gasteiger partial charge in [0.25, 0.3) is 0 Å². The molecule has 35 heavy (non-hydrogen) atoms. The van der Waals surface area contributed by atoms with Crippen molar-refractivity contribution in [2.24, 2.45) is 17.8 Å². The highest BCUT2D eigenvalue weighted by Crippen LogP contribution is 2.34. The van der Waals surface area contributed by atoms with Gasteiger partial charge in [0.1, 0.15) is 0 Å². The Morgan fingerprint density at radius 3 is 2.17 bits per heavy atom. The molecule has 1 aliphatic rings. The van der Waals surface area contributed by atoms with Gasteiger partial charge in [-0.15, -0.1) is 0 Å². The zero-order valence-electron chi connectivity index (χ0n) is 19.8. The number of hydrogen-bond acceptors (Lipinski definition) is 5. The molecule has 0 saturated heterocycles. The minimum absolute atomic E-state index is 0.205. The molecular weight excluding hydrogens is 466 g/mol. The predicted octanol–water partition coefficient (Wildman–Crippen LogP) is 3.91. The van der Waals surface area contributed by atoms with Gasteiger partial charge in [0.2, 0.25) is 21.8 Å². The van der Waals surface area contributed by atoms with Crippen LogP contribution in [0.3, 0.4) is 0 Å². The fourth-order valence-corrected chi connectivity index (χ4v) is 5.36. The Morgan fingerprint density at radius 2 is 1.60 bits per heavy atom. The summed E-state index contributed by atoms with van der Waals surface area (Å²) in [4.78, 5) is 26.3. The lowest BCUT2D eigenvalue weighted by molar-refractivity contribution is -0.140. The van der Waals surface area contributed by atoms with Crippen LogP contribution < -0.4 is 15.3 Å². The van der Waals surface area contributed by atoms with Gasteiger partial charge in [-0.1, -0.05) is 86.4 Å². The summed E-state index contributed by atoms with van der Waals surface area (Å²) in [6.45, 7) is 0. The van der Waals surface area contributed by atoms with Crippen molar-refractivity contribution in [3.05, 3.63) is 72.3 Å². The molecule has 188 valence electrons. The van der Waals surface area contributed by atoms with Crippen LogP contribution in [0.4, 0.5) is 5.69 Å². The quantitative estimate of drug-likeness (QED) is 0.320. The first-order chi connectivity index (χ1) is 16.8. The van der Waals surface area contributed by atoms with E-state index >= 15 is 0 Å². The van der Waals surface area contributed by atoms with Crippen LogP contribution >= 0.6 is 0 Å². The molecule has 0 unspecified atom stereocenters. The standard InChI is InChI=1S/C26H33N3O5S/c1-35(33,34)29(22-16-6-3-7-17-22)27-25(30)24(19-21-13-8-9-14-21)23(26(31)28-32)18-10-15-20-11-4-2-5-12-20/h2-7,10-12,15-17,21,23-24,32H,8-9,13-14,18-19H2,1H3,(H,27,30)(H,28,31)/t23-,24-/m0/s1. The molecule has 2 aromatic carbocycles. The van der Waals surface area contributed by atoms with Crippen LogP contribution in [0.25, 0.3) is 6.08 Å². The third-order valence-corrected chi connectivity index (χ3v) is 7.33. The second kappa shape index (κ2) is 12.5. The highest BCUT2D eigenvalue weighted by atomic mass is 32.2. The molecule has 3 N–H and O–H groups in total. The molecule has 2 aromatic rings. The molecular formula is C26H33N3O5S. The summed E-state index contributed by atoms with van der Waals surface area (Å²) in [5.41, 5.74) is 5.47.